The Balaban J connectivity index is 1.60. The first-order valence-electron chi connectivity index (χ1n) is 10.2. The van der Waals surface area contributed by atoms with Crippen molar-refractivity contribution in [1.82, 2.24) is 0 Å². The zero-order valence-electron chi connectivity index (χ0n) is 17.3. The van der Waals surface area contributed by atoms with E-state index in [-0.39, 0.29) is 11.8 Å². The Kier molecular flexibility index (Phi) is 4.71. The molecule has 2 heterocycles. The number of anilines is 2. The zero-order valence-corrected chi connectivity index (χ0v) is 17.3. The highest BCUT2D eigenvalue weighted by Crippen LogP contribution is 2.48. The molecule has 31 heavy (non-hydrogen) atoms. The number of hydroxylamine groups is 1. The van der Waals surface area contributed by atoms with Crippen molar-refractivity contribution in [2.24, 2.45) is 5.92 Å². The van der Waals surface area contributed by atoms with Gasteiger partial charge in [0, 0.05) is 6.07 Å². The molecule has 0 aromatic heterocycles. The summed E-state index contributed by atoms with van der Waals surface area (Å²) in [6, 6.07) is 24.0. The number of hydrogen-bond donors (Lipinski definition) is 0. The largest absolute Gasteiger partial charge is 0.497 e. The normalized spacial score (nSPS) is 22.7. The molecule has 6 nitrogen and oxygen atoms in total. The first kappa shape index (κ1) is 19.3. The molecule has 6 heteroatoms. The molecule has 0 aliphatic carbocycles. The molecule has 3 atom stereocenters. The topological polar surface area (TPSA) is 59.1 Å². The van der Waals surface area contributed by atoms with Gasteiger partial charge in [-0.25, -0.2) is 9.96 Å². The minimum Gasteiger partial charge on any atom is -0.497 e. The molecule has 0 N–H and O–H groups in total. The van der Waals surface area contributed by atoms with Gasteiger partial charge in [0.1, 0.15) is 11.7 Å². The Labute approximate surface area is 180 Å². The van der Waals surface area contributed by atoms with Gasteiger partial charge in [0.2, 0.25) is 5.91 Å². The molecule has 0 spiro atoms. The van der Waals surface area contributed by atoms with E-state index in [0.29, 0.717) is 11.4 Å². The van der Waals surface area contributed by atoms with Gasteiger partial charge in [-0.15, -0.1) is 0 Å². The first-order chi connectivity index (χ1) is 15.1. The van der Waals surface area contributed by atoms with Gasteiger partial charge in [-0.1, -0.05) is 48.5 Å². The molecule has 3 aromatic rings. The van der Waals surface area contributed by atoms with E-state index in [0.717, 1.165) is 16.8 Å². The van der Waals surface area contributed by atoms with Crippen molar-refractivity contribution in [2.45, 2.75) is 19.1 Å². The highest BCUT2D eigenvalue weighted by atomic mass is 16.7. The molecule has 2 aliphatic heterocycles. The summed E-state index contributed by atoms with van der Waals surface area (Å²) in [5.41, 5.74) is 3.30. The Morgan fingerprint density at radius 3 is 2.29 bits per heavy atom. The Hall–Kier alpha value is -3.64. The van der Waals surface area contributed by atoms with Gasteiger partial charge < -0.3 is 4.74 Å². The van der Waals surface area contributed by atoms with E-state index < -0.39 is 18.1 Å². The molecular weight excluding hydrogens is 392 g/mol. The van der Waals surface area contributed by atoms with Gasteiger partial charge in [-0.2, -0.15) is 0 Å². The molecule has 0 unspecified atom stereocenters. The molecule has 2 aliphatic rings. The van der Waals surface area contributed by atoms with Crippen LogP contribution in [-0.2, 0) is 14.4 Å². The first-order valence-corrected chi connectivity index (χ1v) is 10.2. The average molecular weight is 414 g/mol. The molecule has 0 radical (unpaired) electrons. The lowest BCUT2D eigenvalue weighted by atomic mass is 9.88. The number of methoxy groups -OCH3 is 1. The summed E-state index contributed by atoms with van der Waals surface area (Å²) in [5, 5.41) is 1.72. The fraction of sp³-hybridized carbons (Fsp3) is 0.200. The molecule has 0 saturated carbocycles. The highest BCUT2D eigenvalue weighted by molar-refractivity contribution is 6.24. The summed E-state index contributed by atoms with van der Waals surface area (Å²) in [4.78, 5) is 34.4. The van der Waals surface area contributed by atoms with Gasteiger partial charge in [-0.05, 0) is 42.3 Å². The van der Waals surface area contributed by atoms with E-state index in [1.165, 1.54) is 4.90 Å². The predicted molar refractivity (Wildman–Crippen MR) is 117 cm³/mol. The maximum atomic E-state index is 13.6. The number of rotatable bonds is 4. The second kappa shape index (κ2) is 7.56. The van der Waals surface area contributed by atoms with E-state index in [1.807, 2.05) is 61.5 Å². The Bertz CT molecular complexity index is 1150. The number of amides is 2. The molecular formula is C25H22N2O4. The Morgan fingerprint density at radius 1 is 0.839 bits per heavy atom. The summed E-state index contributed by atoms with van der Waals surface area (Å²) < 4.78 is 5.27. The minimum atomic E-state index is -0.886. The lowest BCUT2D eigenvalue weighted by Crippen LogP contribution is -2.37. The van der Waals surface area contributed by atoms with E-state index in [9.17, 15) is 9.59 Å². The van der Waals surface area contributed by atoms with Gasteiger partial charge >= 0.3 is 0 Å². The number of fused-ring (bicyclic) bond motifs is 1. The van der Waals surface area contributed by atoms with Crippen molar-refractivity contribution in [1.29, 1.82) is 0 Å². The second-order valence-electron chi connectivity index (χ2n) is 7.73. The lowest BCUT2D eigenvalue weighted by molar-refractivity contribution is -0.126. The lowest BCUT2D eigenvalue weighted by Gasteiger charge is -2.29. The van der Waals surface area contributed by atoms with Crippen LogP contribution >= 0.6 is 0 Å². The number of hydrogen-bond acceptors (Lipinski definition) is 5. The molecule has 156 valence electrons. The second-order valence-corrected chi connectivity index (χ2v) is 7.73. The van der Waals surface area contributed by atoms with Gasteiger partial charge in [0.05, 0.1) is 24.5 Å². The third kappa shape index (κ3) is 3.07. The number of imide groups is 1. The number of benzene rings is 3. The molecule has 2 saturated heterocycles. The summed E-state index contributed by atoms with van der Waals surface area (Å²) in [7, 11) is 1.55. The molecule has 2 fully saturated rings. The van der Waals surface area contributed by atoms with Crippen LogP contribution in [0, 0.1) is 12.8 Å². The number of nitrogens with zero attached hydrogens (tertiary/aromatic N) is 2. The highest BCUT2D eigenvalue weighted by Gasteiger charge is 2.60. The fourth-order valence-corrected chi connectivity index (χ4v) is 4.45. The monoisotopic (exact) mass is 414 g/mol. The SMILES string of the molecule is COc1cccc(N2C(=O)[C@@H]3[C@@H](c4ccccc4C)N(c4ccccc4)O[C@H]3C2=O)c1. The Morgan fingerprint density at radius 2 is 1.55 bits per heavy atom. The number of carbonyl (C=O) groups is 2. The smallest absolute Gasteiger partial charge is 0.266 e. The van der Waals surface area contributed by atoms with Crippen LogP contribution in [0.25, 0.3) is 0 Å². The molecule has 2 amide bonds. The van der Waals surface area contributed by atoms with Crippen molar-refractivity contribution in [3.05, 3.63) is 90.0 Å². The van der Waals surface area contributed by atoms with Gasteiger partial charge in [0.25, 0.3) is 5.91 Å². The summed E-state index contributed by atoms with van der Waals surface area (Å²) in [6.07, 6.45) is -0.886. The number of aryl methyl sites for hydroxylation is 1. The number of para-hydroxylation sites is 1. The van der Waals surface area contributed by atoms with Crippen LogP contribution in [-0.4, -0.2) is 25.0 Å². The fourth-order valence-electron chi connectivity index (χ4n) is 4.45. The van der Waals surface area contributed by atoms with Crippen LogP contribution in [0.3, 0.4) is 0 Å². The van der Waals surface area contributed by atoms with Crippen LogP contribution in [0.4, 0.5) is 11.4 Å². The van der Waals surface area contributed by atoms with Gasteiger partial charge in [0.15, 0.2) is 6.10 Å². The van der Waals surface area contributed by atoms with Crippen molar-refractivity contribution >= 4 is 23.2 Å². The van der Waals surface area contributed by atoms with Crippen LogP contribution in [0.2, 0.25) is 0 Å². The van der Waals surface area contributed by atoms with Crippen LogP contribution < -0.4 is 14.7 Å². The molecule has 3 aromatic carbocycles. The van der Waals surface area contributed by atoms with Crippen LogP contribution in [0.1, 0.15) is 17.2 Å². The average Bonchev–Trinajstić information content (AvgIpc) is 3.31. The molecule has 5 rings (SSSR count). The predicted octanol–water partition coefficient (Wildman–Crippen LogP) is 4.05. The zero-order chi connectivity index (χ0) is 21.5. The van der Waals surface area contributed by atoms with E-state index in [2.05, 4.69) is 0 Å². The van der Waals surface area contributed by atoms with Crippen LogP contribution in [0.15, 0.2) is 78.9 Å². The van der Waals surface area contributed by atoms with Crippen molar-refractivity contribution < 1.29 is 19.2 Å². The van der Waals surface area contributed by atoms with Crippen molar-refractivity contribution in [2.75, 3.05) is 17.1 Å². The van der Waals surface area contributed by atoms with E-state index in [4.69, 9.17) is 9.57 Å². The van der Waals surface area contributed by atoms with Crippen molar-refractivity contribution in [3.63, 3.8) is 0 Å². The van der Waals surface area contributed by atoms with Gasteiger partial charge in [-0.3, -0.25) is 14.4 Å². The quantitative estimate of drug-likeness (QED) is 0.603. The molecule has 0 bridgehead atoms. The van der Waals surface area contributed by atoms with Crippen molar-refractivity contribution in [3.8, 4) is 5.75 Å². The van der Waals surface area contributed by atoms with E-state index in [1.54, 1.807) is 36.4 Å². The maximum Gasteiger partial charge on any atom is 0.266 e. The van der Waals surface area contributed by atoms with E-state index >= 15 is 0 Å². The van der Waals surface area contributed by atoms with Crippen LogP contribution in [0.5, 0.6) is 5.75 Å². The summed E-state index contributed by atoms with van der Waals surface area (Å²) in [5.74, 6) is -0.701. The third-order valence-corrected chi connectivity index (χ3v) is 5.94. The number of ether oxygens (including phenoxy) is 1. The maximum absolute atomic E-state index is 13.6. The summed E-state index contributed by atoms with van der Waals surface area (Å²) >= 11 is 0. The number of carbonyl (C=O) groups excluding carboxylic acids is 2. The summed E-state index contributed by atoms with van der Waals surface area (Å²) in [6.45, 7) is 2.01. The third-order valence-electron chi connectivity index (χ3n) is 5.94. The minimum absolute atomic E-state index is 0.269. The standard InChI is InChI=1S/C25H22N2O4/c1-16-9-6-7-14-20(16)22-21-23(31-27(22)17-10-4-3-5-11-17)25(29)26(24(21)28)18-12-8-13-19(15-18)30-2/h3-15,21-23H,1-2H3/t21-,22-,23-/m1/s1.